The van der Waals surface area contributed by atoms with Crippen molar-refractivity contribution in [2.45, 2.75) is 24.7 Å². The largest absolute Gasteiger partial charge is 0.465 e. The van der Waals surface area contributed by atoms with Gasteiger partial charge in [-0.1, -0.05) is 49.0 Å². The van der Waals surface area contributed by atoms with Gasteiger partial charge in [0.15, 0.2) is 5.69 Å². The number of anilines is 1. The first kappa shape index (κ1) is 20.8. The normalized spacial score (nSPS) is 14.7. The highest BCUT2D eigenvalue weighted by atomic mass is 32.2. The van der Waals surface area contributed by atoms with Crippen LogP contribution in [-0.2, 0) is 9.53 Å². The molecule has 0 bridgehead atoms. The minimum absolute atomic E-state index is 0.125. The van der Waals surface area contributed by atoms with Crippen molar-refractivity contribution in [3.63, 3.8) is 0 Å². The highest BCUT2D eigenvalue weighted by molar-refractivity contribution is 7.98. The lowest BCUT2D eigenvalue weighted by Gasteiger charge is -2.30. The summed E-state index contributed by atoms with van der Waals surface area (Å²) in [6, 6.07) is 14.2. The average Bonchev–Trinajstić information content (AvgIpc) is 2.97. The van der Waals surface area contributed by atoms with Crippen molar-refractivity contribution >= 4 is 29.3 Å². The molecule has 8 nitrogen and oxygen atoms in total. The summed E-state index contributed by atoms with van der Waals surface area (Å²) in [4.78, 5) is 31.0. The number of rotatable bonds is 4. The van der Waals surface area contributed by atoms with Crippen molar-refractivity contribution < 1.29 is 19.1 Å². The van der Waals surface area contributed by atoms with Gasteiger partial charge in [-0.2, -0.15) is 4.98 Å². The van der Waals surface area contributed by atoms with Crippen molar-refractivity contribution in [1.82, 2.24) is 15.2 Å². The van der Waals surface area contributed by atoms with Crippen LogP contribution in [0.5, 0.6) is 5.88 Å². The molecule has 1 aliphatic heterocycles. The van der Waals surface area contributed by atoms with E-state index in [1.54, 1.807) is 36.1 Å². The predicted molar refractivity (Wildman–Crippen MR) is 116 cm³/mol. The third-order valence-electron chi connectivity index (χ3n) is 4.88. The van der Waals surface area contributed by atoms with Gasteiger partial charge in [-0.15, -0.1) is 10.2 Å². The Labute approximate surface area is 183 Å². The van der Waals surface area contributed by atoms with Crippen LogP contribution in [-0.4, -0.2) is 40.4 Å². The van der Waals surface area contributed by atoms with E-state index in [2.05, 4.69) is 15.2 Å². The van der Waals surface area contributed by atoms with Crippen molar-refractivity contribution in [2.24, 2.45) is 0 Å². The molecule has 2 heterocycles. The Morgan fingerprint density at radius 3 is 2.55 bits per heavy atom. The molecule has 0 saturated carbocycles. The highest BCUT2D eigenvalue weighted by Crippen LogP contribution is 2.43. The van der Waals surface area contributed by atoms with Gasteiger partial charge in [-0.05, 0) is 24.5 Å². The lowest BCUT2D eigenvalue weighted by molar-refractivity contribution is -0.120. The quantitative estimate of drug-likeness (QED) is 0.449. The molecular formula is C22H20N4O4S. The number of benzene rings is 2. The number of carbonyl (C=O) groups is 2. The second-order valence-corrected chi connectivity index (χ2v) is 7.44. The second-order valence-electron chi connectivity index (χ2n) is 6.67. The summed E-state index contributed by atoms with van der Waals surface area (Å²) >= 11 is 1.35. The van der Waals surface area contributed by atoms with Gasteiger partial charge in [0.05, 0.1) is 18.4 Å². The summed E-state index contributed by atoms with van der Waals surface area (Å²) in [6.07, 6.45) is 1.33. The molecule has 1 aliphatic rings. The molecule has 1 atom stereocenters. The number of hydrogen-bond donors (Lipinski definition) is 0. The monoisotopic (exact) mass is 436 g/mol. The van der Waals surface area contributed by atoms with Crippen LogP contribution in [0.1, 0.15) is 35.5 Å². The maximum atomic E-state index is 13.1. The molecule has 0 N–H and O–H groups in total. The number of para-hydroxylation sites is 1. The third kappa shape index (κ3) is 3.84. The highest BCUT2D eigenvalue weighted by Gasteiger charge is 2.35. The lowest BCUT2D eigenvalue weighted by atomic mass is 10.1. The Hall–Kier alpha value is -3.46. The van der Waals surface area contributed by atoms with Crippen LogP contribution in [0.3, 0.4) is 0 Å². The van der Waals surface area contributed by atoms with E-state index in [1.807, 2.05) is 30.5 Å². The Bertz CT molecular complexity index is 1140. The molecule has 0 unspecified atom stereocenters. The zero-order chi connectivity index (χ0) is 22.0. The lowest BCUT2D eigenvalue weighted by Crippen LogP contribution is -2.37. The number of aromatic nitrogens is 3. The number of carbonyl (C=O) groups excluding carboxylic acids is 2. The van der Waals surface area contributed by atoms with Gasteiger partial charge < -0.3 is 9.47 Å². The van der Waals surface area contributed by atoms with Gasteiger partial charge in [0.2, 0.25) is 23.2 Å². The first-order valence-electron chi connectivity index (χ1n) is 9.62. The number of esters is 1. The molecule has 1 aromatic heterocycles. The molecule has 4 rings (SSSR count). The fourth-order valence-electron chi connectivity index (χ4n) is 3.36. The van der Waals surface area contributed by atoms with Crippen molar-refractivity contribution in [3.05, 3.63) is 59.7 Å². The first-order valence-corrected chi connectivity index (χ1v) is 10.8. The minimum Gasteiger partial charge on any atom is -0.465 e. The number of hydrogen-bond acceptors (Lipinski definition) is 8. The predicted octanol–water partition coefficient (Wildman–Crippen LogP) is 3.88. The molecule has 0 aliphatic carbocycles. The van der Waals surface area contributed by atoms with Crippen LogP contribution in [0.15, 0.2) is 53.7 Å². The van der Waals surface area contributed by atoms with E-state index in [1.165, 1.54) is 18.9 Å². The van der Waals surface area contributed by atoms with Crippen LogP contribution in [0.2, 0.25) is 0 Å². The van der Waals surface area contributed by atoms with E-state index >= 15 is 0 Å². The van der Waals surface area contributed by atoms with Crippen molar-refractivity contribution in [1.29, 1.82) is 0 Å². The molecule has 1 amide bonds. The van der Waals surface area contributed by atoms with E-state index in [4.69, 9.17) is 9.47 Å². The number of thioether (sulfide) groups is 1. The van der Waals surface area contributed by atoms with Crippen LogP contribution in [0.4, 0.5) is 5.69 Å². The Morgan fingerprint density at radius 1 is 1.13 bits per heavy atom. The SMILES string of the molecule is CCC(=O)N1c2ccccc2-c2nnc(SC)nc2O[C@H]1c1ccc(C(=O)OC)cc1. The molecule has 0 radical (unpaired) electrons. The fourth-order valence-corrected chi connectivity index (χ4v) is 3.66. The Balaban J connectivity index is 1.90. The topological polar surface area (TPSA) is 94.5 Å². The van der Waals surface area contributed by atoms with Gasteiger partial charge in [0.1, 0.15) is 0 Å². The number of fused-ring (bicyclic) bond motifs is 3. The summed E-state index contributed by atoms with van der Waals surface area (Å²) in [7, 11) is 1.33. The van der Waals surface area contributed by atoms with Gasteiger partial charge >= 0.3 is 5.97 Å². The zero-order valence-corrected chi connectivity index (χ0v) is 18.0. The Morgan fingerprint density at radius 2 is 1.87 bits per heavy atom. The molecule has 3 aromatic rings. The van der Waals surface area contributed by atoms with Gasteiger partial charge in [0.25, 0.3) is 0 Å². The number of nitrogens with zero attached hydrogens (tertiary/aromatic N) is 4. The van der Waals surface area contributed by atoms with Crippen LogP contribution < -0.4 is 9.64 Å². The fraction of sp³-hybridized carbons (Fsp3) is 0.227. The molecule has 0 saturated heterocycles. The summed E-state index contributed by atoms with van der Waals surface area (Å²) in [5.41, 5.74) is 2.92. The van der Waals surface area contributed by atoms with E-state index in [9.17, 15) is 9.59 Å². The van der Waals surface area contributed by atoms with Crippen LogP contribution in [0.25, 0.3) is 11.3 Å². The molecule has 31 heavy (non-hydrogen) atoms. The van der Waals surface area contributed by atoms with E-state index in [0.717, 1.165) is 0 Å². The molecule has 9 heteroatoms. The molecule has 0 fully saturated rings. The smallest absolute Gasteiger partial charge is 0.337 e. The second kappa shape index (κ2) is 8.73. The van der Waals surface area contributed by atoms with E-state index < -0.39 is 12.2 Å². The summed E-state index contributed by atoms with van der Waals surface area (Å²) in [5, 5.41) is 8.94. The van der Waals surface area contributed by atoms with Gasteiger partial charge in [0, 0.05) is 17.5 Å². The minimum atomic E-state index is -0.798. The molecule has 0 spiro atoms. The van der Waals surface area contributed by atoms with E-state index in [0.29, 0.717) is 39.1 Å². The molecular weight excluding hydrogens is 416 g/mol. The zero-order valence-electron chi connectivity index (χ0n) is 17.2. The number of ether oxygens (including phenoxy) is 2. The average molecular weight is 436 g/mol. The summed E-state index contributed by atoms with van der Waals surface area (Å²) < 4.78 is 11.1. The number of amides is 1. The van der Waals surface area contributed by atoms with Crippen LogP contribution >= 0.6 is 11.8 Å². The van der Waals surface area contributed by atoms with Crippen molar-refractivity contribution in [2.75, 3.05) is 18.3 Å². The van der Waals surface area contributed by atoms with Gasteiger partial charge in [-0.25, -0.2) is 4.79 Å². The molecule has 158 valence electrons. The standard InChI is InChI=1S/C22H20N4O4S/c1-4-17(27)26-16-8-6-5-7-15(16)18-19(23-22(31-3)25-24-18)30-20(26)13-9-11-14(12-10-13)21(28)29-2/h5-12,20H,4H2,1-3H3/t20-/m0/s1. The maximum absolute atomic E-state index is 13.1. The summed E-state index contributed by atoms with van der Waals surface area (Å²) in [6.45, 7) is 1.80. The summed E-state index contributed by atoms with van der Waals surface area (Å²) in [5.74, 6) is -0.271. The van der Waals surface area contributed by atoms with E-state index in [-0.39, 0.29) is 12.3 Å². The van der Waals surface area contributed by atoms with Gasteiger partial charge in [-0.3, -0.25) is 9.69 Å². The Kier molecular flexibility index (Phi) is 5.85. The third-order valence-corrected chi connectivity index (χ3v) is 5.42. The van der Waals surface area contributed by atoms with Crippen LogP contribution in [0, 0.1) is 0 Å². The molecule has 2 aromatic carbocycles. The van der Waals surface area contributed by atoms with Crippen molar-refractivity contribution in [3.8, 4) is 17.1 Å². The number of methoxy groups -OCH3 is 1. The first-order chi connectivity index (χ1) is 15.1. The maximum Gasteiger partial charge on any atom is 0.337 e.